The van der Waals surface area contributed by atoms with Crippen molar-refractivity contribution in [2.45, 2.75) is 26.4 Å². The van der Waals surface area contributed by atoms with Gasteiger partial charge >= 0.3 is 0 Å². The second kappa shape index (κ2) is 4.95. The molecule has 90 valence electrons. The molecule has 0 fully saturated rings. The highest BCUT2D eigenvalue weighted by Crippen LogP contribution is 2.11. The molecule has 17 heavy (non-hydrogen) atoms. The van der Waals surface area contributed by atoms with Crippen LogP contribution in [0.2, 0.25) is 0 Å². The van der Waals surface area contributed by atoms with Crippen molar-refractivity contribution in [1.82, 2.24) is 14.5 Å². The second-order valence-corrected chi connectivity index (χ2v) is 4.11. The largest absolute Gasteiger partial charge is 0.378 e. The van der Waals surface area contributed by atoms with Crippen LogP contribution in [0.25, 0.3) is 0 Å². The smallest absolute Gasteiger partial charge is 0.212 e. The van der Waals surface area contributed by atoms with E-state index in [9.17, 15) is 4.39 Å². The number of aromatic nitrogens is 3. The van der Waals surface area contributed by atoms with E-state index in [1.54, 1.807) is 6.07 Å². The number of rotatable bonds is 4. The van der Waals surface area contributed by atoms with Crippen molar-refractivity contribution < 1.29 is 4.39 Å². The Kier molecular flexibility index (Phi) is 3.37. The van der Waals surface area contributed by atoms with Crippen molar-refractivity contribution >= 4 is 5.69 Å². The van der Waals surface area contributed by atoms with Gasteiger partial charge in [-0.15, -0.1) is 0 Å². The van der Waals surface area contributed by atoms with E-state index in [0.717, 1.165) is 11.4 Å². The van der Waals surface area contributed by atoms with E-state index in [-0.39, 0.29) is 0 Å². The summed E-state index contributed by atoms with van der Waals surface area (Å²) in [4.78, 5) is 7.70. The van der Waals surface area contributed by atoms with E-state index in [1.807, 2.05) is 12.5 Å². The fourth-order valence-corrected chi connectivity index (χ4v) is 1.61. The first-order valence-electron chi connectivity index (χ1n) is 5.53. The number of halogens is 1. The maximum atomic E-state index is 12.6. The molecule has 2 rings (SSSR count). The zero-order valence-corrected chi connectivity index (χ0v) is 9.89. The summed E-state index contributed by atoms with van der Waals surface area (Å²) >= 11 is 0. The van der Waals surface area contributed by atoms with Gasteiger partial charge < -0.3 is 9.88 Å². The maximum Gasteiger partial charge on any atom is 0.212 e. The normalized spacial score (nSPS) is 10.8. The van der Waals surface area contributed by atoms with Crippen LogP contribution in [0, 0.1) is 5.95 Å². The van der Waals surface area contributed by atoms with Gasteiger partial charge in [-0.1, -0.05) is 0 Å². The third kappa shape index (κ3) is 2.81. The molecular formula is C12H15FN4. The third-order valence-corrected chi connectivity index (χ3v) is 2.50. The molecule has 0 radical (unpaired) electrons. The van der Waals surface area contributed by atoms with Gasteiger partial charge in [0.15, 0.2) is 0 Å². The van der Waals surface area contributed by atoms with Crippen LogP contribution in [0.5, 0.6) is 0 Å². The molecule has 5 heteroatoms. The van der Waals surface area contributed by atoms with E-state index in [1.165, 1.54) is 12.3 Å². The summed E-state index contributed by atoms with van der Waals surface area (Å²) in [6, 6.07) is 3.38. The number of hydrogen-bond acceptors (Lipinski definition) is 3. The molecule has 0 aliphatic carbocycles. The molecule has 4 nitrogen and oxygen atoms in total. The Balaban J connectivity index is 2.02. The molecule has 0 unspecified atom stereocenters. The van der Waals surface area contributed by atoms with Gasteiger partial charge in [-0.3, -0.25) is 0 Å². The average molecular weight is 234 g/mol. The van der Waals surface area contributed by atoms with Gasteiger partial charge in [0.25, 0.3) is 0 Å². The Hall–Kier alpha value is -1.91. The third-order valence-electron chi connectivity index (χ3n) is 2.50. The van der Waals surface area contributed by atoms with Gasteiger partial charge in [-0.05, 0) is 26.0 Å². The molecule has 1 N–H and O–H groups in total. The molecule has 0 saturated heterocycles. The fourth-order valence-electron chi connectivity index (χ4n) is 1.61. The minimum absolute atomic E-state index is 0.376. The zero-order chi connectivity index (χ0) is 12.3. The molecule has 2 aromatic rings. The van der Waals surface area contributed by atoms with Crippen molar-refractivity contribution in [1.29, 1.82) is 0 Å². The summed E-state index contributed by atoms with van der Waals surface area (Å²) in [6.07, 6.45) is 5.11. The van der Waals surface area contributed by atoms with Gasteiger partial charge in [0.05, 0.1) is 30.5 Å². The molecule has 0 amide bonds. The van der Waals surface area contributed by atoms with Crippen molar-refractivity contribution in [3.8, 4) is 0 Å². The summed E-state index contributed by atoms with van der Waals surface area (Å²) in [7, 11) is 0. The van der Waals surface area contributed by atoms with E-state index in [4.69, 9.17) is 0 Å². The first kappa shape index (κ1) is 11.6. The summed E-state index contributed by atoms with van der Waals surface area (Å²) in [5.74, 6) is -0.470. The predicted molar refractivity (Wildman–Crippen MR) is 64.1 cm³/mol. The number of nitrogens with one attached hydrogen (secondary N) is 1. The lowest BCUT2D eigenvalue weighted by Gasteiger charge is -2.12. The average Bonchev–Trinajstić information content (AvgIpc) is 2.76. The minimum atomic E-state index is -0.470. The quantitative estimate of drug-likeness (QED) is 0.827. The van der Waals surface area contributed by atoms with Crippen LogP contribution in [0.3, 0.4) is 0 Å². The van der Waals surface area contributed by atoms with Gasteiger partial charge in [0.1, 0.15) is 0 Å². The lowest BCUT2D eigenvalue weighted by molar-refractivity contribution is 0.577. The topological polar surface area (TPSA) is 42.7 Å². The van der Waals surface area contributed by atoms with Crippen LogP contribution >= 0.6 is 0 Å². The monoisotopic (exact) mass is 234 g/mol. The molecule has 2 heterocycles. The molecule has 0 aliphatic rings. The van der Waals surface area contributed by atoms with Gasteiger partial charge in [-0.25, -0.2) is 9.97 Å². The van der Waals surface area contributed by atoms with Crippen molar-refractivity contribution in [3.63, 3.8) is 0 Å². The predicted octanol–water partition coefficient (Wildman–Crippen LogP) is 2.61. The molecule has 0 aliphatic heterocycles. The van der Waals surface area contributed by atoms with E-state index >= 15 is 0 Å². The fraction of sp³-hybridized carbons (Fsp3) is 0.333. The molecule has 0 spiro atoms. The van der Waals surface area contributed by atoms with Crippen molar-refractivity contribution in [2.24, 2.45) is 0 Å². The standard InChI is InChI=1S/C12H15FN4/c1-9(2)17-8-14-6-11(17)7-15-10-3-4-12(13)16-5-10/h3-6,8-9,15H,7H2,1-2H3. The Morgan fingerprint density at radius 2 is 2.18 bits per heavy atom. The molecule has 2 aromatic heterocycles. The Labute approximate surface area is 99.5 Å². The molecular weight excluding hydrogens is 219 g/mol. The number of nitrogens with zero attached hydrogens (tertiary/aromatic N) is 3. The first-order valence-corrected chi connectivity index (χ1v) is 5.53. The molecule has 0 atom stereocenters. The SMILES string of the molecule is CC(C)n1cncc1CNc1ccc(F)nc1. The first-order chi connectivity index (χ1) is 8.16. The number of anilines is 1. The van der Waals surface area contributed by atoms with Crippen LogP contribution in [0.15, 0.2) is 30.9 Å². The minimum Gasteiger partial charge on any atom is -0.378 e. The molecule has 0 bridgehead atoms. The lowest BCUT2D eigenvalue weighted by atomic mass is 10.3. The van der Waals surface area contributed by atoms with Crippen molar-refractivity contribution in [3.05, 3.63) is 42.5 Å². The highest BCUT2D eigenvalue weighted by molar-refractivity contribution is 5.40. The Morgan fingerprint density at radius 1 is 1.35 bits per heavy atom. The van der Waals surface area contributed by atoms with Gasteiger partial charge in [0.2, 0.25) is 5.95 Å². The van der Waals surface area contributed by atoms with Gasteiger partial charge in [0, 0.05) is 12.2 Å². The highest BCUT2D eigenvalue weighted by atomic mass is 19.1. The summed E-state index contributed by atoms with van der Waals surface area (Å²) in [5.41, 5.74) is 1.88. The van der Waals surface area contributed by atoms with Crippen LogP contribution in [0.1, 0.15) is 25.6 Å². The van der Waals surface area contributed by atoms with Gasteiger partial charge in [-0.2, -0.15) is 4.39 Å². The van der Waals surface area contributed by atoms with E-state index in [2.05, 4.69) is 33.7 Å². The van der Waals surface area contributed by atoms with Crippen LogP contribution in [-0.4, -0.2) is 14.5 Å². The summed E-state index contributed by atoms with van der Waals surface area (Å²) < 4.78 is 14.7. The highest BCUT2D eigenvalue weighted by Gasteiger charge is 2.04. The second-order valence-electron chi connectivity index (χ2n) is 4.11. The lowest BCUT2D eigenvalue weighted by Crippen LogP contribution is -2.08. The number of imidazole rings is 1. The Morgan fingerprint density at radius 3 is 2.82 bits per heavy atom. The molecule has 0 saturated carbocycles. The maximum absolute atomic E-state index is 12.6. The number of hydrogen-bond donors (Lipinski definition) is 1. The summed E-state index contributed by atoms with van der Waals surface area (Å²) in [5, 5.41) is 3.18. The zero-order valence-electron chi connectivity index (χ0n) is 9.89. The van der Waals surface area contributed by atoms with Crippen LogP contribution in [0.4, 0.5) is 10.1 Å². The summed E-state index contributed by atoms with van der Waals surface area (Å²) in [6.45, 7) is 4.85. The van der Waals surface area contributed by atoms with Crippen LogP contribution < -0.4 is 5.32 Å². The van der Waals surface area contributed by atoms with Crippen molar-refractivity contribution in [2.75, 3.05) is 5.32 Å². The van der Waals surface area contributed by atoms with E-state index in [0.29, 0.717) is 12.6 Å². The van der Waals surface area contributed by atoms with E-state index < -0.39 is 5.95 Å². The van der Waals surface area contributed by atoms with Crippen LogP contribution in [-0.2, 0) is 6.54 Å². The number of pyridine rings is 1. The molecule has 0 aromatic carbocycles. The Bertz CT molecular complexity index is 476.